The van der Waals surface area contributed by atoms with Gasteiger partial charge in [0.2, 0.25) is 5.91 Å². The first-order valence-electron chi connectivity index (χ1n) is 8.29. The van der Waals surface area contributed by atoms with Crippen LogP contribution in [0, 0.1) is 0 Å². The summed E-state index contributed by atoms with van der Waals surface area (Å²) in [6.07, 6.45) is 0. The summed E-state index contributed by atoms with van der Waals surface area (Å²) >= 11 is 12.3. The van der Waals surface area contributed by atoms with Crippen molar-refractivity contribution in [3.63, 3.8) is 0 Å². The average Bonchev–Trinajstić information content (AvgIpc) is 2.64. The summed E-state index contributed by atoms with van der Waals surface area (Å²) in [7, 11) is 1.87. The first kappa shape index (κ1) is 18.8. The molecule has 138 valence electrons. The molecule has 0 bridgehead atoms. The Hall–Kier alpha value is -1.95. The van der Waals surface area contributed by atoms with Crippen LogP contribution in [0.1, 0.15) is 12.5 Å². The number of carbonyl (C=O) groups excluding carboxylic acids is 1. The zero-order valence-electron chi connectivity index (χ0n) is 14.6. The van der Waals surface area contributed by atoms with Crippen LogP contribution >= 0.6 is 23.2 Å². The lowest BCUT2D eigenvalue weighted by molar-refractivity contribution is -0.120. The number of carbonyl (C=O) groups is 1. The van der Waals surface area contributed by atoms with Gasteiger partial charge in [0.1, 0.15) is 13.2 Å². The molecular formula is C19H20Cl2N2O3. The van der Waals surface area contributed by atoms with Gasteiger partial charge in [-0.05, 0) is 37.7 Å². The Labute approximate surface area is 162 Å². The third kappa shape index (κ3) is 4.23. The van der Waals surface area contributed by atoms with Crippen LogP contribution in [0.2, 0.25) is 10.0 Å². The highest BCUT2D eigenvalue weighted by molar-refractivity contribution is 6.42. The SMILES string of the molecule is CC(C(=O)Nc1ccc2c(c1)OCCO2)N(C)Cc1cccc(Cl)c1Cl. The van der Waals surface area contributed by atoms with Gasteiger partial charge in [-0.25, -0.2) is 0 Å². The maximum atomic E-state index is 12.6. The van der Waals surface area contributed by atoms with Gasteiger partial charge in [-0.1, -0.05) is 35.3 Å². The highest BCUT2D eigenvalue weighted by atomic mass is 35.5. The molecule has 0 saturated carbocycles. The first-order valence-corrected chi connectivity index (χ1v) is 9.05. The standard InChI is InChI=1S/C19H20Cl2N2O3/c1-12(23(2)11-13-4-3-5-15(20)18(13)21)19(24)22-14-6-7-16-17(10-14)26-9-8-25-16/h3-7,10,12H,8-9,11H2,1-2H3,(H,22,24). The number of amides is 1. The summed E-state index contributed by atoms with van der Waals surface area (Å²) < 4.78 is 11.0. The molecule has 0 aliphatic carbocycles. The van der Waals surface area contributed by atoms with Gasteiger partial charge in [-0.3, -0.25) is 9.69 Å². The van der Waals surface area contributed by atoms with Gasteiger partial charge in [0, 0.05) is 18.3 Å². The largest absolute Gasteiger partial charge is 0.486 e. The predicted molar refractivity (Wildman–Crippen MR) is 103 cm³/mol. The highest BCUT2D eigenvalue weighted by Gasteiger charge is 2.20. The summed E-state index contributed by atoms with van der Waals surface area (Å²) in [5.74, 6) is 1.21. The Bertz CT molecular complexity index is 813. The number of anilines is 1. The highest BCUT2D eigenvalue weighted by Crippen LogP contribution is 2.32. The lowest BCUT2D eigenvalue weighted by Crippen LogP contribution is -2.39. The molecule has 1 atom stereocenters. The molecule has 2 aromatic rings. The minimum absolute atomic E-state index is 0.123. The molecule has 26 heavy (non-hydrogen) atoms. The minimum Gasteiger partial charge on any atom is -0.486 e. The van der Waals surface area contributed by atoms with Crippen LogP contribution in [0.15, 0.2) is 36.4 Å². The van der Waals surface area contributed by atoms with Gasteiger partial charge in [0.25, 0.3) is 0 Å². The number of nitrogens with zero attached hydrogens (tertiary/aromatic N) is 1. The van der Waals surface area contributed by atoms with Gasteiger partial charge >= 0.3 is 0 Å². The molecule has 1 aliphatic rings. The fourth-order valence-corrected chi connectivity index (χ4v) is 3.02. The molecule has 0 spiro atoms. The average molecular weight is 395 g/mol. The molecule has 5 nitrogen and oxygen atoms in total. The molecule has 1 aliphatic heterocycles. The zero-order valence-corrected chi connectivity index (χ0v) is 16.1. The van der Waals surface area contributed by atoms with Crippen molar-refractivity contribution in [3.05, 3.63) is 52.0 Å². The third-order valence-electron chi connectivity index (χ3n) is 4.30. The second-order valence-electron chi connectivity index (χ2n) is 6.15. The lowest BCUT2D eigenvalue weighted by Gasteiger charge is -2.25. The number of hydrogen-bond acceptors (Lipinski definition) is 4. The van der Waals surface area contributed by atoms with Gasteiger partial charge in [0.15, 0.2) is 11.5 Å². The number of rotatable bonds is 5. The number of ether oxygens (including phenoxy) is 2. The summed E-state index contributed by atoms with van der Waals surface area (Å²) in [5.41, 5.74) is 1.54. The summed E-state index contributed by atoms with van der Waals surface area (Å²) in [6.45, 7) is 3.39. The second-order valence-corrected chi connectivity index (χ2v) is 6.94. The molecule has 7 heteroatoms. The Kier molecular flexibility index (Phi) is 5.91. The van der Waals surface area contributed by atoms with E-state index in [-0.39, 0.29) is 11.9 Å². The molecule has 2 aromatic carbocycles. The summed E-state index contributed by atoms with van der Waals surface area (Å²) in [6, 6.07) is 10.5. The van der Waals surface area contributed by atoms with Crippen LogP contribution in [0.4, 0.5) is 5.69 Å². The number of fused-ring (bicyclic) bond motifs is 1. The van der Waals surface area contributed by atoms with Crippen molar-refractivity contribution in [3.8, 4) is 11.5 Å². The monoisotopic (exact) mass is 394 g/mol. The maximum absolute atomic E-state index is 12.6. The maximum Gasteiger partial charge on any atom is 0.241 e. The molecule has 1 heterocycles. The molecule has 0 aromatic heterocycles. The number of benzene rings is 2. The van der Waals surface area contributed by atoms with E-state index in [9.17, 15) is 4.79 Å². The topological polar surface area (TPSA) is 50.8 Å². The first-order chi connectivity index (χ1) is 12.5. The van der Waals surface area contributed by atoms with E-state index in [2.05, 4.69) is 5.32 Å². The Morgan fingerprint density at radius 1 is 1.19 bits per heavy atom. The quantitative estimate of drug-likeness (QED) is 0.824. The Morgan fingerprint density at radius 2 is 1.92 bits per heavy atom. The van der Waals surface area contributed by atoms with Crippen molar-refractivity contribution in [1.29, 1.82) is 0 Å². The molecule has 1 unspecified atom stereocenters. The number of hydrogen-bond donors (Lipinski definition) is 1. The molecule has 1 N–H and O–H groups in total. The smallest absolute Gasteiger partial charge is 0.241 e. The number of halogens is 2. The Balaban J connectivity index is 1.64. The van der Waals surface area contributed by atoms with E-state index in [4.69, 9.17) is 32.7 Å². The van der Waals surface area contributed by atoms with Crippen molar-refractivity contribution in [1.82, 2.24) is 4.90 Å². The summed E-state index contributed by atoms with van der Waals surface area (Å²) in [4.78, 5) is 14.5. The number of likely N-dealkylation sites (N-methyl/N-ethyl adjacent to an activating group) is 1. The Morgan fingerprint density at radius 3 is 2.69 bits per heavy atom. The van der Waals surface area contributed by atoms with E-state index in [1.807, 2.05) is 31.0 Å². The van der Waals surface area contributed by atoms with Crippen LogP contribution in [0.3, 0.4) is 0 Å². The van der Waals surface area contributed by atoms with E-state index in [0.717, 1.165) is 5.56 Å². The molecule has 0 fully saturated rings. The van der Waals surface area contributed by atoms with Crippen molar-refractivity contribution in [2.75, 3.05) is 25.6 Å². The van der Waals surface area contributed by atoms with Crippen molar-refractivity contribution in [2.45, 2.75) is 19.5 Å². The van der Waals surface area contributed by atoms with E-state index < -0.39 is 0 Å². The molecule has 1 amide bonds. The van der Waals surface area contributed by atoms with E-state index >= 15 is 0 Å². The summed E-state index contributed by atoms with van der Waals surface area (Å²) in [5, 5.41) is 3.93. The third-order valence-corrected chi connectivity index (χ3v) is 5.16. The zero-order chi connectivity index (χ0) is 18.7. The molecular weight excluding hydrogens is 375 g/mol. The van der Waals surface area contributed by atoms with Crippen LogP contribution in [0.5, 0.6) is 11.5 Å². The van der Waals surface area contributed by atoms with Crippen molar-refractivity contribution in [2.24, 2.45) is 0 Å². The predicted octanol–water partition coefficient (Wildman–Crippen LogP) is 4.22. The van der Waals surface area contributed by atoms with Gasteiger partial charge in [-0.2, -0.15) is 0 Å². The second kappa shape index (κ2) is 8.16. The van der Waals surface area contributed by atoms with E-state index in [1.54, 1.807) is 24.3 Å². The van der Waals surface area contributed by atoms with Crippen LogP contribution in [-0.4, -0.2) is 37.1 Å². The fraction of sp³-hybridized carbons (Fsp3) is 0.316. The molecule has 0 saturated heterocycles. The van der Waals surface area contributed by atoms with Crippen LogP contribution in [-0.2, 0) is 11.3 Å². The molecule has 3 rings (SSSR count). The van der Waals surface area contributed by atoms with Crippen LogP contribution < -0.4 is 14.8 Å². The van der Waals surface area contributed by atoms with Crippen LogP contribution in [0.25, 0.3) is 0 Å². The van der Waals surface area contributed by atoms with E-state index in [1.165, 1.54) is 0 Å². The van der Waals surface area contributed by atoms with Crippen molar-refractivity contribution >= 4 is 34.8 Å². The lowest BCUT2D eigenvalue weighted by atomic mass is 10.1. The van der Waals surface area contributed by atoms with Gasteiger partial charge in [0.05, 0.1) is 16.1 Å². The number of nitrogens with one attached hydrogen (secondary N) is 1. The normalized spacial score (nSPS) is 14.2. The molecule has 0 radical (unpaired) electrons. The van der Waals surface area contributed by atoms with Gasteiger partial charge < -0.3 is 14.8 Å². The van der Waals surface area contributed by atoms with E-state index in [0.29, 0.717) is 47.0 Å². The minimum atomic E-state index is -0.363. The van der Waals surface area contributed by atoms with Gasteiger partial charge in [-0.15, -0.1) is 0 Å². The fourth-order valence-electron chi connectivity index (χ4n) is 2.64. The van der Waals surface area contributed by atoms with Crippen molar-refractivity contribution < 1.29 is 14.3 Å².